The van der Waals surface area contributed by atoms with E-state index in [1.807, 2.05) is 0 Å². The van der Waals surface area contributed by atoms with E-state index in [1.165, 1.54) is 0 Å². The molecule has 0 aliphatic rings. The van der Waals surface area contributed by atoms with E-state index in [2.05, 4.69) is 15.2 Å². The Balaban J connectivity index is 2.80. The molecule has 2 heterocycles. The van der Waals surface area contributed by atoms with E-state index in [4.69, 9.17) is 16.3 Å². The first kappa shape index (κ1) is 7.36. The van der Waals surface area contributed by atoms with Gasteiger partial charge in [-0.3, -0.25) is 10.1 Å². The maximum Gasteiger partial charge on any atom is 0.241 e. The van der Waals surface area contributed by atoms with Crippen molar-refractivity contribution in [2.45, 2.75) is 0 Å². The van der Waals surface area contributed by atoms with Gasteiger partial charge in [0, 0.05) is 12.4 Å². The maximum absolute atomic E-state index is 5.84. The van der Waals surface area contributed by atoms with Crippen molar-refractivity contribution in [3.05, 3.63) is 17.4 Å². The predicted octanol–water partition coefficient (Wildman–Crippen LogP) is 1.62. The number of nitrogens with one attached hydrogen (secondary N) is 1. The van der Waals surface area contributed by atoms with Crippen molar-refractivity contribution >= 4 is 22.5 Å². The third kappa shape index (κ3) is 0.921. The molecule has 0 fully saturated rings. The first-order valence-corrected chi connectivity index (χ1v) is 3.72. The number of aromatic amines is 1. The predicted molar refractivity (Wildman–Crippen MR) is 45.5 cm³/mol. The lowest BCUT2D eigenvalue weighted by Gasteiger charge is -1.92. The van der Waals surface area contributed by atoms with E-state index in [-0.39, 0.29) is 0 Å². The average molecular weight is 184 g/mol. The smallest absolute Gasteiger partial charge is 0.241 e. The van der Waals surface area contributed by atoms with Gasteiger partial charge in [0.15, 0.2) is 0 Å². The van der Waals surface area contributed by atoms with Crippen LogP contribution in [-0.4, -0.2) is 22.3 Å². The number of H-pyrrole nitrogens is 1. The lowest BCUT2D eigenvalue weighted by Crippen LogP contribution is -1.82. The molecule has 0 aliphatic heterocycles. The van der Waals surface area contributed by atoms with Crippen molar-refractivity contribution in [3.8, 4) is 5.88 Å². The minimum Gasteiger partial charge on any atom is -0.479 e. The number of nitrogens with zero attached hydrogens (tertiary/aromatic N) is 2. The van der Waals surface area contributed by atoms with Gasteiger partial charge in [0.05, 0.1) is 23.0 Å². The fourth-order valence-corrected chi connectivity index (χ4v) is 1.23. The van der Waals surface area contributed by atoms with Crippen LogP contribution in [-0.2, 0) is 0 Å². The molecule has 0 saturated heterocycles. The molecule has 2 aromatic heterocycles. The second-order valence-corrected chi connectivity index (χ2v) is 2.68. The van der Waals surface area contributed by atoms with Gasteiger partial charge < -0.3 is 4.74 Å². The Kier molecular flexibility index (Phi) is 1.62. The van der Waals surface area contributed by atoms with Crippen molar-refractivity contribution in [2.75, 3.05) is 7.11 Å². The third-order valence-corrected chi connectivity index (χ3v) is 1.88. The summed E-state index contributed by atoms with van der Waals surface area (Å²) in [6.07, 6.45) is 3.21. The summed E-state index contributed by atoms with van der Waals surface area (Å²) in [4.78, 5) is 3.92. The SMILES string of the molecule is COc1n[nH]c2c(Cl)cncc12. The molecule has 1 N–H and O–H groups in total. The first-order chi connectivity index (χ1) is 5.83. The highest BCUT2D eigenvalue weighted by molar-refractivity contribution is 6.34. The largest absolute Gasteiger partial charge is 0.479 e. The van der Waals surface area contributed by atoms with E-state index >= 15 is 0 Å². The summed E-state index contributed by atoms with van der Waals surface area (Å²) in [6, 6.07) is 0. The number of pyridine rings is 1. The highest BCUT2D eigenvalue weighted by Crippen LogP contribution is 2.25. The highest BCUT2D eigenvalue weighted by atomic mass is 35.5. The molecule has 0 aromatic carbocycles. The fourth-order valence-electron chi connectivity index (χ4n) is 1.03. The molecule has 4 nitrogen and oxygen atoms in total. The van der Waals surface area contributed by atoms with E-state index in [1.54, 1.807) is 19.5 Å². The molecule has 0 bridgehead atoms. The molecule has 62 valence electrons. The fraction of sp³-hybridized carbons (Fsp3) is 0.143. The van der Waals surface area contributed by atoms with E-state index in [0.717, 1.165) is 10.9 Å². The van der Waals surface area contributed by atoms with Crippen LogP contribution >= 0.6 is 11.6 Å². The topological polar surface area (TPSA) is 50.8 Å². The van der Waals surface area contributed by atoms with Crippen LogP contribution in [0.15, 0.2) is 12.4 Å². The van der Waals surface area contributed by atoms with Gasteiger partial charge in [-0.15, -0.1) is 5.10 Å². The number of fused-ring (bicyclic) bond motifs is 1. The molecule has 0 spiro atoms. The quantitative estimate of drug-likeness (QED) is 0.731. The molecule has 0 aliphatic carbocycles. The Morgan fingerprint density at radius 1 is 1.50 bits per heavy atom. The summed E-state index contributed by atoms with van der Waals surface area (Å²) in [7, 11) is 1.55. The summed E-state index contributed by atoms with van der Waals surface area (Å²) < 4.78 is 4.98. The Labute approximate surface area is 73.5 Å². The molecule has 0 saturated carbocycles. The minimum atomic E-state index is 0.514. The van der Waals surface area contributed by atoms with Crippen LogP contribution in [0.3, 0.4) is 0 Å². The van der Waals surface area contributed by atoms with Gasteiger partial charge in [0.1, 0.15) is 0 Å². The monoisotopic (exact) mass is 183 g/mol. The number of aromatic nitrogens is 3. The third-order valence-electron chi connectivity index (χ3n) is 1.59. The second kappa shape index (κ2) is 2.64. The summed E-state index contributed by atoms with van der Waals surface area (Å²) in [5, 5.41) is 8.00. The lowest BCUT2D eigenvalue weighted by molar-refractivity contribution is 0.401. The molecular formula is C7H6ClN3O. The Bertz CT molecular complexity index is 412. The normalized spacial score (nSPS) is 10.5. The zero-order valence-corrected chi connectivity index (χ0v) is 7.09. The zero-order valence-electron chi connectivity index (χ0n) is 6.34. The van der Waals surface area contributed by atoms with Crippen molar-refractivity contribution < 1.29 is 4.74 Å². The summed E-state index contributed by atoms with van der Waals surface area (Å²) >= 11 is 5.84. The van der Waals surface area contributed by atoms with Gasteiger partial charge in [0.2, 0.25) is 5.88 Å². The zero-order chi connectivity index (χ0) is 8.55. The van der Waals surface area contributed by atoms with Crippen LogP contribution in [0, 0.1) is 0 Å². The van der Waals surface area contributed by atoms with Crippen molar-refractivity contribution in [2.24, 2.45) is 0 Å². The number of methoxy groups -OCH3 is 1. The van der Waals surface area contributed by atoms with Crippen molar-refractivity contribution in [1.29, 1.82) is 0 Å². The number of halogens is 1. The van der Waals surface area contributed by atoms with E-state index < -0.39 is 0 Å². The molecular weight excluding hydrogens is 178 g/mol. The lowest BCUT2D eigenvalue weighted by atomic mass is 10.3. The molecule has 0 unspecified atom stereocenters. The maximum atomic E-state index is 5.84. The van der Waals surface area contributed by atoms with Crippen molar-refractivity contribution in [3.63, 3.8) is 0 Å². The van der Waals surface area contributed by atoms with Crippen LogP contribution in [0.4, 0.5) is 0 Å². The molecule has 0 radical (unpaired) electrons. The molecule has 2 rings (SSSR count). The van der Waals surface area contributed by atoms with Gasteiger partial charge in [-0.25, -0.2) is 0 Å². The Hall–Kier alpha value is -1.29. The van der Waals surface area contributed by atoms with Gasteiger partial charge in [-0.05, 0) is 0 Å². The van der Waals surface area contributed by atoms with Gasteiger partial charge in [0.25, 0.3) is 0 Å². The molecule has 0 atom stereocenters. The van der Waals surface area contributed by atoms with Crippen LogP contribution in [0.2, 0.25) is 5.02 Å². The molecule has 2 aromatic rings. The van der Waals surface area contributed by atoms with Crippen LogP contribution < -0.4 is 4.74 Å². The summed E-state index contributed by atoms with van der Waals surface area (Å²) in [6.45, 7) is 0. The van der Waals surface area contributed by atoms with Crippen LogP contribution in [0.25, 0.3) is 10.9 Å². The Morgan fingerprint density at radius 2 is 2.33 bits per heavy atom. The number of hydrogen-bond donors (Lipinski definition) is 1. The Morgan fingerprint density at radius 3 is 3.08 bits per heavy atom. The number of hydrogen-bond acceptors (Lipinski definition) is 3. The standard InChI is InChI=1S/C7H6ClN3O/c1-12-7-4-2-9-3-5(8)6(4)10-11-7/h2-3H,1H3,(H,10,11). The van der Waals surface area contributed by atoms with Gasteiger partial charge in [-0.1, -0.05) is 11.6 Å². The summed E-state index contributed by atoms with van der Waals surface area (Å²) in [5.74, 6) is 0.514. The number of ether oxygens (including phenoxy) is 1. The van der Waals surface area contributed by atoms with Crippen LogP contribution in [0.5, 0.6) is 5.88 Å². The molecule has 5 heteroatoms. The van der Waals surface area contributed by atoms with Gasteiger partial charge >= 0.3 is 0 Å². The second-order valence-electron chi connectivity index (χ2n) is 2.28. The van der Waals surface area contributed by atoms with Crippen LogP contribution in [0.1, 0.15) is 0 Å². The summed E-state index contributed by atoms with van der Waals surface area (Å²) in [5.41, 5.74) is 0.753. The van der Waals surface area contributed by atoms with E-state index in [0.29, 0.717) is 10.9 Å². The molecule has 12 heavy (non-hydrogen) atoms. The number of rotatable bonds is 1. The minimum absolute atomic E-state index is 0.514. The average Bonchev–Trinajstić information content (AvgIpc) is 2.49. The highest BCUT2D eigenvalue weighted by Gasteiger charge is 2.07. The van der Waals surface area contributed by atoms with E-state index in [9.17, 15) is 0 Å². The first-order valence-electron chi connectivity index (χ1n) is 3.34. The van der Waals surface area contributed by atoms with Crippen molar-refractivity contribution in [1.82, 2.24) is 15.2 Å². The molecule has 0 amide bonds. The van der Waals surface area contributed by atoms with Gasteiger partial charge in [-0.2, -0.15) is 0 Å².